The zero-order chi connectivity index (χ0) is 13.3. The Morgan fingerprint density at radius 3 is 2.72 bits per heavy atom. The Morgan fingerprint density at radius 1 is 1.56 bits per heavy atom. The minimum atomic E-state index is -4.05. The summed E-state index contributed by atoms with van der Waals surface area (Å²) >= 11 is 0. The average molecular weight is 274 g/mol. The standard InChI is InChI=1S/C10H14N2O5S/c1-16-10(13)9-8(17-6-7-2-3-7)4-5-12(9)18(11,14)15/h4-5,7H,2-3,6H2,1H3,(H2,11,14,15). The number of methoxy groups -OCH3 is 1. The topological polar surface area (TPSA) is 101 Å². The molecule has 8 heteroatoms. The molecule has 0 saturated heterocycles. The van der Waals surface area contributed by atoms with Gasteiger partial charge in [-0.3, -0.25) is 0 Å². The summed E-state index contributed by atoms with van der Waals surface area (Å²) in [6.45, 7) is 0.457. The number of esters is 1. The second-order valence-electron chi connectivity index (χ2n) is 4.12. The number of rotatable bonds is 5. The van der Waals surface area contributed by atoms with Gasteiger partial charge in [0.25, 0.3) is 0 Å². The molecular formula is C10H14N2O5S. The van der Waals surface area contributed by atoms with Crippen LogP contribution >= 0.6 is 0 Å². The molecule has 0 aliphatic heterocycles. The van der Waals surface area contributed by atoms with Crippen LogP contribution in [-0.2, 0) is 14.9 Å². The molecule has 1 fully saturated rings. The van der Waals surface area contributed by atoms with Crippen molar-refractivity contribution < 1.29 is 22.7 Å². The molecule has 0 unspecified atom stereocenters. The molecule has 1 aromatic rings. The zero-order valence-electron chi connectivity index (χ0n) is 9.83. The van der Waals surface area contributed by atoms with Gasteiger partial charge in [-0.05, 0) is 18.8 Å². The van der Waals surface area contributed by atoms with E-state index < -0.39 is 16.2 Å². The van der Waals surface area contributed by atoms with Gasteiger partial charge in [-0.15, -0.1) is 0 Å². The SMILES string of the molecule is COC(=O)c1c(OCC2CC2)ccn1S(N)(=O)=O. The average Bonchev–Trinajstić information content (AvgIpc) is 3.02. The van der Waals surface area contributed by atoms with Crippen LogP contribution in [0.4, 0.5) is 0 Å². The predicted octanol–water partition coefficient (Wildman–Crippen LogP) is 0.115. The molecular weight excluding hydrogens is 260 g/mol. The van der Waals surface area contributed by atoms with Crippen molar-refractivity contribution in [3.8, 4) is 5.75 Å². The van der Waals surface area contributed by atoms with E-state index in [0.717, 1.165) is 20.0 Å². The van der Waals surface area contributed by atoms with Crippen molar-refractivity contribution >= 4 is 16.2 Å². The van der Waals surface area contributed by atoms with Gasteiger partial charge in [0.15, 0.2) is 11.4 Å². The Bertz CT molecular complexity index is 559. The van der Waals surface area contributed by atoms with Crippen molar-refractivity contribution in [2.24, 2.45) is 11.1 Å². The van der Waals surface area contributed by atoms with Crippen LogP contribution in [0.5, 0.6) is 5.75 Å². The van der Waals surface area contributed by atoms with E-state index in [9.17, 15) is 13.2 Å². The minimum absolute atomic E-state index is 0.169. The van der Waals surface area contributed by atoms with E-state index in [1.165, 1.54) is 12.3 Å². The van der Waals surface area contributed by atoms with Crippen LogP contribution in [0.15, 0.2) is 12.3 Å². The molecule has 1 heterocycles. The van der Waals surface area contributed by atoms with Crippen molar-refractivity contribution in [1.29, 1.82) is 0 Å². The molecule has 100 valence electrons. The first-order valence-electron chi connectivity index (χ1n) is 5.39. The monoisotopic (exact) mass is 274 g/mol. The number of carbonyl (C=O) groups excluding carboxylic acids is 1. The number of aromatic nitrogens is 1. The fraction of sp³-hybridized carbons (Fsp3) is 0.500. The summed E-state index contributed by atoms with van der Waals surface area (Å²) in [5, 5.41) is 5.00. The van der Waals surface area contributed by atoms with Gasteiger partial charge in [0.05, 0.1) is 13.7 Å². The van der Waals surface area contributed by atoms with Crippen LogP contribution in [0.3, 0.4) is 0 Å². The Labute approximate surface area is 105 Å². The van der Waals surface area contributed by atoms with Crippen molar-refractivity contribution in [2.75, 3.05) is 13.7 Å². The van der Waals surface area contributed by atoms with Gasteiger partial charge in [0.1, 0.15) is 0 Å². The molecule has 18 heavy (non-hydrogen) atoms. The van der Waals surface area contributed by atoms with Crippen molar-refractivity contribution in [3.63, 3.8) is 0 Å². The Balaban J connectivity index is 2.33. The summed E-state index contributed by atoms with van der Waals surface area (Å²) in [4.78, 5) is 11.6. The maximum Gasteiger partial charge on any atom is 0.359 e. The number of carbonyl (C=O) groups is 1. The summed E-state index contributed by atoms with van der Waals surface area (Å²) in [5.74, 6) is -0.157. The number of ether oxygens (including phenoxy) is 2. The largest absolute Gasteiger partial charge is 0.491 e. The van der Waals surface area contributed by atoms with Gasteiger partial charge in [-0.1, -0.05) is 0 Å². The fourth-order valence-corrected chi connectivity index (χ4v) is 2.15. The van der Waals surface area contributed by atoms with Crippen molar-refractivity contribution in [1.82, 2.24) is 3.97 Å². The van der Waals surface area contributed by atoms with Gasteiger partial charge in [0, 0.05) is 12.3 Å². The fourth-order valence-electron chi connectivity index (χ4n) is 1.51. The lowest BCUT2D eigenvalue weighted by Crippen LogP contribution is -2.25. The third-order valence-electron chi connectivity index (χ3n) is 2.64. The lowest BCUT2D eigenvalue weighted by atomic mass is 10.4. The maximum absolute atomic E-state index is 11.6. The van der Waals surface area contributed by atoms with Gasteiger partial charge >= 0.3 is 16.2 Å². The molecule has 0 aromatic carbocycles. The van der Waals surface area contributed by atoms with Gasteiger partial charge in [-0.2, -0.15) is 8.42 Å². The molecule has 1 aliphatic rings. The third kappa shape index (κ3) is 2.65. The van der Waals surface area contributed by atoms with Gasteiger partial charge in [-0.25, -0.2) is 13.9 Å². The summed E-state index contributed by atoms with van der Waals surface area (Å²) in [7, 11) is -2.89. The summed E-state index contributed by atoms with van der Waals surface area (Å²) in [5.41, 5.74) is -0.208. The first-order chi connectivity index (χ1) is 8.43. The van der Waals surface area contributed by atoms with E-state index in [4.69, 9.17) is 9.88 Å². The van der Waals surface area contributed by atoms with E-state index in [2.05, 4.69) is 4.74 Å². The second kappa shape index (κ2) is 4.62. The smallest absolute Gasteiger partial charge is 0.359 e. The van der Waals surface area contributed by atoms with E-state index in [-0.39, 0.29) is 11.4 Å². The van der Waals surface area contributed by atoms with Crippen molar-refractivity contribution in [2.45, 2.75) is 12.8 Å². The van der Waals surface area contributed by atoms with Crippen LogP contribution < -0.4 is 9.88 Å². The molecule has 0 spiro atoms. The highest BCUT2D eigenvalue weighted by atomic mass is 32.2. The first kappa shape index (κ1) is 12.9. The summed E-state index contributed by atoms with van der Waals surface area (Å²) in [6, 6.07) is 1.39. The molecule has 0 amide bonds. The third-order valence-corrected chi connectivity index (χ3v) is 3.49. The quantitative estimate of drug-likeness (QED) is 0.768. The van der Waals surface area contributed by atoms with Crippen LogP contribution in [0, 0.1) is 5.92 Å². The minimum Gasteiger partial charge on any atom is -0.491 e. The van der Waals surface area contributed by atoms with Crippen LogP contribution in [0.2, 0.25) is 0 Å². The Kier molecular flexibility index (Phi) is 3.31. The predicted molar refractivity (Wildman–Crippen MR) is 62.5 cm³/mol. The number of nitrogens with zero attached hydrogens (tertiary/aromatic N) is 1. The second-order valence-corrected chi connectivity index (χ2v) is 5.54. The molecule has 0 radical (unpaired) electrons. The zero-order valence-corrected chi connectivity index (χ0v) is 10.6. The van der Waals surface area contributed by atoms with Crippen LogP contribution in [0.25, 0.3) is 0 Å². The summed E-state index contributed by atoms with van der Waals surface area (Å²) in [6.07, 6.45) is 3.34. The van der Waals surface area contributed by atoms with E-state index in [1.54, 1.807) is 0 Å². The highest BCUT2D eigenvalue weighted by molar-refractivity contribution is 7.87. The van der Waals surface area contributed by atoms with Crippen LogP contribution in [0.1, 0.15) is 23.3 Å². The number of hydrogen-bond donors (Lipinski definition) is 1. The maximum atomic E-state index is 11.6. The summed E-state index contributed by atoms with van der Waals surface area (Å²) < 4.78 is 33.2. The van der Waals surface area contributed by atoms with E-state index in [0.29, 0.717) is 16.5 Å². The molecule has 7 nitrogen and oxygen atoms in total. The molecule has 2 N–H and O–H groups in total. The lowest BCUT2D eigenvalue weighted by Gasteiger charge is -2.08. The highest BCUT2D eigenvalue weighted by Crippen LogP contribution is 2.31. The number of hydrogen-bond acceptors (Lipinski definition) is 5. The molecule has 2 rings (SSSR count). The first-order valence-corrected chi connectivity index (χ1v) is 6.89. The van der Waals surface area contributed by atoms with Crippen LogP contribution in [-0.4, -0.2) is 32.1 Å². The van der Waals surface area contributed by atoms with E-state index >= 15 is 0 Å². The van der Waals surface area contributed by atoms with Gasteiger partial charge in [0.2, 0.25) is 0 Å². The van der Waals surface area contributed by atoms with Crippen molar-refractivity contribution in [3.05, 3.63) is 18.0 Å². The Hall–Kier alpha value is -1.54. The van der Waals surface area contributed by atoms with E-state index in [1.807, 2.05) is 0 Å². The molecule has 0 atom stereocenters. The lowest BCUT2D eigenvalue weighted by molar-refractivity contribution is 0.0587. The molecule has 0 bridgehead atoms. The van der Waals surface area contributed by atoms with Gasteiger partial charge < -0.3 is 9.47 Å². The molecule has 1 aromatic heterocycles. The highest BCUT2D eigenvalue weighted by Gasteiger charge is 2.27. The molecule has 1 aliphatic carbocycles. The molecule has 1 saturated carbocycles. The Morgan fingerprint density at radius 2 is 2.22 bits per heavy atom. The number of nitrogens with two attached hydrogens (primary N) is 1. The normalized spacial score (nSPS) is 15.4.